The quantitative estimate of drug-likeness (QED) is 0.806. The highest BCUT2D eigenvalue weighted by Crippen LogP contribution is 2.29. The van der Waals surface area contributed by atoms with Crippen LogP contribution in [-0.4, -0.2) is 27.9 Å². The lowest BCUT2D eigenvalue weighted by molar-refractivity contribution is -0.117. The third-order valence-electron chi connectivity index (χ3n) is 2.06. The summed E-state index contributed by atoms with van der Waals surface area (Å²) in [4.78, 5) is 13.1. The minimum atomic E-state index is 0.00678. The molecule has 0 aromatic carbocycles. The Bertz CT molecular complexity index is 417. The molecule has 1 saturated heterocycles. The van der Waals surface area contributed by atoms with Crippen LogP contribution in [0.3, 0.4) is 0 Å². The van der Waals surface area contributed by atoms with Crippen LogP contribution in [0.2, 0.25) is 5.15 Å². The van der Waals surface area contributed by atoms with E-state index < -0.39 is 0 Å². The average Bonchev–Trinajstić information content (AvgIpc) is 2.45. The fraction of sp³-hybridized carbons (Fsp3) is 0.375. The van der Waals surface area contributed by atoms with E-state index >= 15 is 0 Å². The molecule has 1 unspecified atom stereocenters. The van der Waals surface area contributed by atoms with E-state index in [1.807, 2.05) is 0 Å². The van der Waals surface area contributed by atoms with Gasteiger partial charge >= 0.3 is 0 Å². The summed E-state index contributed by atoms with van der Waals surface area (Å²) in [5, 5.41) is 7.95. The number of hydrogen-bond donors (Lipinski definition) is 1. The maximum absolute atomic E-state index is 11.6. The van der Waals surface area contributed by atoms with Crippen molar-refractivity contribution >= 4 is 51.9 Å². The number of aromatic nitrogens is 2. The van der Waals surface area contributed by atoms with Crippen molar-refractivity contribution in [1.82, 2.24) is 10.2 Å². The molecule has 1 atom stereocenters. The molecule has 1 fully saturated rings. The number of amides is 1. The fourth-order valence-electron chi connectivity index (χ4n) is 1.42. The zero-order valence-electron chi connectivity index (χ0n) is 7.52. The Hall–Kier alpha value is -0.330. The van der Waals surface area contributed by atoms with Gasteiger partial charge in [0.2, 0.25) is 5.91 Å². The fourth-order valence-corrected chi connectivity index (χ4v) is 2.53. The van der Waals surface area contributed by atoms with Gasteiger partial charge in [0.25, 0.3) is 0 Å². The molecule has 2 heterocycles. The number of rotatable bonds is 1. The lowest BCUT2D eigenvalue weighted by atomic mass is 10.4. The van der Waals surface area contributed by atoms with Crippen LogP contribution in [0, 0.1) is 0 Å². The zero-order valence-corrected chi connectivity index (χ0v) is 10.8. The van der Waals surface area contributed by atoms with E-state index in [9.17, 15) is 4.79 Å². The summed E-state index contributed by atoms with van der Waals surface area (Å²) in [7, 11) is 0. The van der Waals surface area contributed by atoms with Crippen LogP contribution in [-0.2, 0) is 4.79 Å². The lowest BCUT2D eigenvalue weighted by Crippen LogP contribution is -2.26. The average molecular weight is 309 g/mol. The summed E-state index contributed by atoms with van der Waals surface area (Å²) < 4.78 is 0.665. The first-order valence-electron chi connectivity index (χ1n) is 4.25. The van der Waals surface area contributed by atoms with Gasteiger partial charge in [0.15, 0.2) is 11.0 Å². The largest absolute Gasteiger partial charge is 0.293 e. The smallest absolute Gasteiger partial charge is 0.229 e. The van der Waals surface area contributed by atoms with Crippen LogP contribution >= 0.6 is 40.2 Å². The Morgan fingerprint density at radius 3 is 2.87 bits per heavy atom. The van der Waals surface area contributed by atoms with Crippen LogP contribution in [0.15, 0.2) is 10.5 Å². The summed E-state index contributed by atoms with van der Waals surface area (Å²) in [5.74, 6) is 0.508. The molecule has 15 heavy (non-hydrogen) atoms. The Morgan fingerprint density at radius 2 is 2.33 bits per heavy atom. The van der Waals surface area contributed by atoms with Crippen LogP contribution in [0.5, 0.6) is 0 Å². The maximum Gasteiger partial charge on any atom is 0.229 e. The highest BCUT2D eigenvalue weighted by Gasteiger charge is 2.30. The van der Waals surface area contributed by atoms with Crippen molar-refractivity contribution in [3.63, 3.8) is 0 Å². The molecule has 4 nitrogen and oxygen atoms in total. The molecule has 1 aromatic heterocycles. The van der Waals surface area contributed by atoms with E-state index in [2.05, 4.69) is 38.8 Å². The number of carbonyl (C=O) groups excluding carboxylic acids is 1. The summed E-state index contributed by atoms with van der Waals surface area (Å²) in [6, 6.07) is 1.61. The van der Waals surface area contributed by atoms with Crippen LogP contribution in [0.1, 0.15) is 6.42 Å². The molecular weight excluding hydrogens is 302 g/mol. The third kappa shape index (κ3) is 2.26. The van der Waals surface area contributed by atoms with Crippen molar-refractivity contribution < 1.29 is 4.79 Å². The molecule has 0 aliphatic carbocycles. The molecule has 1 aromatic rings. The van der Waals surface area contributed by atoms with Gasteiger partial charge in [-0.1, -0.05) is 11.6 Å². The highest BCUT2D eigenvalue weighted by molar-refractivity contribution is 9.10. The molecule has 0 spiro atoms. The van der Waals surface area contributed by atoms with Crippen molar-refractivity contribution in [3.05, 3.63) is 15.7 Å². The second-order valence-electron chi connectivity index (χ2n) is 3.20. The summed E-state index contributed by atoms with van der Waals surface area (Å²) in [6.07, 6.45) is 0.430. The molecule has 1 aliphatic heterocycles. The van der Waals surface area contributed by atoms with E-state index in [-0.39, 0.29) is 11.2 Å². The maximum atomic E-state index is 11.6. The molecule has 7 heteroatoms. The van der Waals surface area contributed by atoms with E-state index in [4.69, 9.17) is 11.6 Å². The van der Waals surface area contributed by atoms with Crippen LogP contribution in [0.4, 0.5) is 5.82 Å². The number of carbonyl (C=O) groups is 1. The SMILES string of the molecule is O=C1CC(S)CN1c1nnc(Cl)cc1Br. The number of nitrogens with zero attached hydrogens (tertiary/aromatic N) is 3. The Labute approximate surface area is 106 Å². The number of hydrogen-bond acceptors (Lipinski definition) is 4. The van der Waals surface area contributed by atoms with E-state index in [0.29, 0.717) is 28.4 Å². The van der Waals surface area contributed by atoms with Gasteiger partial charge in [-0.25, -0.2) is 0 Å². The standard InChI is InChI=1S/C8H7BrClN3OS/c9-5-2-6(10)11-12-8(5)13-3-4(15)1-7(13)14/h2,4,15H,1,3H2. The molecule has 0 N–H and O–H groups in total. The second-order valence-corrected chi connectivity index (χ2v) is 5.17. The van der Waals surface area contributed by atoms with Gasteiger partial charge in [-0.05, 0) is 22.0 Å². The summed E-state index contributed by atoms with van der Waals surface area (Å²) in [5.41, 5.74) is 0. The lowest BCUT2D eigenvalue weighted by Gasteiger charge is -2.15. The predicted molar refractivity (Wildman–Crippen MR) is 64.5 cm³/mol. The number of anilines is 1. The van der Waals surface area contributed by atoms with Crippen LogP contribution < -0.4 is 4.90 Å². The van der Waals surface area contributed by atoms with E-state index in [1.165, 1.54) is 0 Å². The zero-order chi connectivity index (χ0) is 11.0. The Balaban J connectivity index is 2.34. The molecule has 0 saturated carbocycles. The van der Waals surface area contributed by atoms with Crippen molar-refractivity contribution in [2.75, 3.05) is 11.4 Å². The summed E-state index contributed by atoms with van der Waals surface area (Å²) in [6.45, 7) is 0.552. The minimum Gasteiger partial charge on any atom is -0.293 e. The van der Waals surface area contributed by atoms with Gasteiger partial charge in [0.1, 0.15) is 0 Å². The molecular formula is C8H7BrClN3OS. The second kappa shape index (κ2) is 4.27. The molecule has 1 amide bonds. The number of halogens is 2. The van der Waals surface area contributed by atoms with Gasteiger partial charge < -0.3 is 0 Å². The van der Waals surface area contributed by atoms with Gasteiger partial charge in [0.05, 0.1) is 4.47 Å². The minimum absolute atomic E-state index is 0.00678. The molecule has 0 bridgehead atoms. The van der Waals surface area contributed by atoms with Crippen LogP contribution in [0.25, 0.3) is 0 Å². The molecule has 0 radical (unpaired) electrons. The first-order chi connectivity index (χ1) is 7.08. The Kier molecular flexibility index (Phi) is 3.18. The predicted octanol–water partition coefficient (Wildman–Crippen LogP) is 1.93. The van der Waals surface area contributed by atoms with E-state index in [0.717, 1.165) is 0 Å². The molecule has 80 valence electrons. The highest BCUT2D eigenvalue weighted by atomic mass is 79.9. The van der Waals surface area contributed by atoms with Crippen molar-refractivity contribution in [2.24, 2.45) is 0 Å². The van der Waals surface area contributed by atoms with E-state index in [1.54, 1.807) is 11.0 Å². The monoisotopic (exact) mass is 307 g/mol. The van der Waals surface area contributed by atoms with Gasteiger partial charge in [-0.15, -0.1) is 10.2 Å². The Morgan fingerprint density at radius 1 is 1.60 bits per heavy atom. The third-order valence-corrected chi connectivity index (χ3v) is 3.17. The molecule has 2 rings (SSSR count). The first kappa shape index (κ1) is 11.2. The van der Waals surface area contributed by atoms with Crippen molar-refractivity contribution in [3.8, 4) is 0 Å². The first-order valence-corrected chi connectivity index (χ1v) is 5.94. The summed E-state index contributed by atoms with van der Waals surface area (Å²) >= 11 is 13.2. The van der Waals surface area contributed by atoms with Gasteiger partial charge in [-0.3, -0.25) is 9.69 Å². The van der Waals surface area contributed by atoms with Gasteiger partial charge in [-0.2, -0.15) is 12.6 Å². The van der Waals surface area contributed by atoms with Gasteiger partial charge in [0, 0.05) is 18.2 Å². The van der Waals surface area contributed by atoms with Crippen molar-refractivity contribution in [2.45, 2.75) is 11.7 Å². The molecule has 1 aliphatic rings. The number of thiol groups is 1. The van der Waals surface area contributed by atoms with Crippen molar-refractivity contribution in [1.29, 1.82) is 0 Å². The normalized spacial score (nSPS) is 21.1. The topological polar surface area (TPSA) is 46.1 Å².